The molecule has 0 heterocycles. The summed E-state index contributed by atoms with van der Waals surface area (Å²) in [5.74, 6) is -0.167. The normalized spacial score (nSPS) is 11.6. The fraction of sp³-hybridized carbons (Fsp3) is 0.250. The number of hydrogen-bond acceptors (Lipinski definition) is 0. The topological polar surface area (TPSA) is 0 Å². The zero-order valence-corrected chi connectivity index (χ0v) is 9.15. The van der Waals surface area contributed by atoms with E-state index in [-0.39, 0.29) is 5.82 Å². The molecule has 1 rings (SSSR count). The molecule has 0 aliphatic heterocycles. The van der Waals surface area contributed by atoms with Gasteiger partial charge >= 0.3 is 0 Å². The molecule has 0 saturated heterocycles. The van der Waals surface area contributed by atoms with Gasteiger partial charge in [-0.15, -0.1) is 15.3 Å². The van der Waals surface area contributed by atoms with Crippen LogP contribution in [0, 0.1) is 5.82 Å². The highest BCUT2D eigenvalue weighted by Gasteiger charge is 2.18. The van der Waals surface area contributed by atoms with Crippen molar-refractivity contribution < 1.29 is 4.39 Å². The van der Waals surface area contributed by atoms with Crippen LogP contribution in [0.3, 0.4) is 0 Å². The monoisotopic (exact) mass is 232 g/mol. The molecule has 0 N–H and O–H groups in total. The summed E-state index contributed by atoms with van der Waals surface area (Å²) in [5.41, 5.74) is 0. The first-order chi connectivity index (χ1) is 5.00. The molecule has 1 aromatic carbocycles. The maximum Gasteiger partial charge on any atom is 0.154 e. The van der Waals surface area contributed by atoms with Gasteiger partial charge in [-0.05, 0) is 17.3 Å². The minimum absolute atomic E-state index is 0.167. The van der Waals surface area contributed by atoms with E-state index in [0.717, 1.165) is 0 Å². The third-order valence-electron chi connectivity index (χ3n) is 1.53. The van der Waals surface area contributed by atoms with Crippen molar-refractivity contribution in [3.63, 3.8) is 0 Å². The average molecular weight is 233 g/mol. The van der Waals surface area contributed by atoms with E-state index in [4.69, 9.17) is 0 Å². The Morgan fingerprint density at radius 3 is 2.00 bits per heavy atom. The maximum absolute atomic E-state index is 12.5. The van der Waals surface area contributed by atoms with Crippen molar-refractivity contribution in [1.82, 2.24) is 0 Å². The lowest BCUT2D eigenvalue weighted by Crippen LogP contribution is -2.34. The van der Waals surface area contributed by atoms with Gasteiger partial charge in [-0.25, -0.2) is 4.39 Å². The van der Waals surface area contributed by atoms with Crippen LogP contribution >= 0.6 is 15.3 Å². The summed E-state index contributed by atoms with van der Waals surface area (Å²) in [5, 5.41) is 1.22. The van der Waals surface area contributed by atoms with Crippen molar-refractivity contribution in [2.75, 3.05) is 0 Å². The summed E-state index contributed by atoms with van der Waals surface area (Å²) in [6, 6.07) is 6.70. The first-order valence-electron chi connectivity index (χ1n) is 3.45. The molecule has 0 saturated carbocycles. The van der Waals surface area contributed by atoms with Crippen molar-refractivity contribution in [2.45, 2.75) is 13.1 Å². The highest BCUT2D eigenvalue weighted by molar-refractivity contribution is 9.26. The summed E-state index contributed by atoms with van der Waals surface area (Å²) in [6.07, 6.45) is 0. The molecule has 1 aromatic rings. The van der Waals surface area contributed by atoms with E-state index < -0.39 is 6.69 Å². The molecule has 0 unspecified atom stereocenters. The van der Waals surface area contributed by atoms with Crippen LogP contribution in [0.1, 0.15) is 0 Å². The van der Waals surface area contributed by atoms with Crippen molar-refractivity contribution in [3.05, 3.63) is 30.1 Å². The summed E-state index contributed by atoms with van der Waals surface area (Å²) >= 11 is 3.63. The van der Waals surface area contributed by atoms with Crippen molar-refractivity contribution in [2.24, 2.45) is 0 Å². The number of halogens is 2. The number of benzene rings is 1. The molecule has 11 heavy (non-hydrogen) atoms. The van der Waals surface area contributed by atoms with Gasteiger partial charge in [0.05, 0.1) is 0 Å². The zero-order chi connectivity index (χ0) is 8.48. The van der Waals surface area contributed by atoms with Gasteiger partial charge in [-0.2, -0.15) is 0 Å². The fourth-order valence-corrected chi connectivity index (χ4v) is 2.60. The van der Waals surface area contributed by atoms with Crippen LogP contribution in [0.15, 0.2) is 24.3 Å². The number of rotatable bonds is 1. The molecular weight excluding hydrogens is 223 g/mol. The second kappa shape index (κ2) is 3.07. The molecule has 60 valence electrons. The standard InChI is InChI=1S/C8H10BrFSi/c1-11(2,9)8-5-3-7(10)4-6-8/h3-6H,1-2H3. The molecule has 3 heteroatoms. The van der Waals surface area contributed by atoms with Crippen molar-refractivity contribution in [1.29, 1.82) is 0 Å². The minimum Gasteiger partial charge on any atom is -0.207 e. The molecule has 0 radical (unpaired) electrons. The van der Waals surface area contributed by atoms with E-state index in [1.54, 1.807) is 0 Å². The van der Waals surface area contributed by atoms with Gasteiger partial charge in [0, 0.05) is 0 Å². The Labute approximate surface area is 75.0 Å². The summed E-state index contributed by atoms with van der Waals surface area (Å²) in [7, 11) is 0. The Balaban J connectivity index is 2.99. The minimum atomic E-state index is -1.41. The van der Waals surface area contributed by atoms with Crippen LogP contribution in [-0.2, 0) is 0 Å². The second-order valence-electron chi connectivity index (χ2n) is 2.98. The van der Waals surface area contributed by atoms with E-state index in [2.05, 4.69) is 28.4 Å². The molecule has 0 nitrogen and oxygen atoms in total. The van der Waals surface area contributed by atoms with Crippen LogP contribution in [0.25, 0.3) is 0 Å². The van der Waals surface area contributed by atoms with Crippen LogP contribution < -0.4 is 5.19 Å². The first-order valence-corrected chi connectivity index (χ1v) is 8.71. The lowest BCUT2D eigenvalue weighted by molar-refractivity contribution is 0.628. The summed E-state index contributed by atoms with van der Waals surface area (Å²) in [4.78, 5) is 0. The van der Waals surface area contributed by atoms with Gasteiger partial charge in [0.15, 0.2) is 6.69 Å². The van der Waals surface area contributed by atoms with E-state index in [0.29, 0.717) is 0 Å². The predicted molar refractivity (Wildman–Crippen MR) is 52.4 cm³/mol. The Kier molecular flexibility index (Phi) is 2.49. The van der Waals surface area contributed by atoms with E-state index >= 15 is 0 Å². The third-order valence-corrected chi connectivity index (χ3v) is 4.61. The smallest absolute Gasteiger partial charge is 0.154 e. The number of hydrogen-bond donors (Lipinski definition) is 0. The van der Waals surface area contributed by atoms with E-state index in [1.807, 2.05) is 12.1 Å². The van der Waals surface area contributed by atoms with Gasteiger partial charge in [-0.3, -0.25) is 0 Å². The van der Waals surface area contributed by atoms with E-state index in [1.165, 1.54) is 17.3 Å². The van der Waals surface area contributed by atoms with E-state index in [9.17, 15) is 4.39 Å². The Hall–Kier alpha value is -0.153. The van der Waals surface area contributed by atoms with Crippen LogP contribution in [0.5, 0.6) is 0 Å². The maximum atomic E-state index is 12.5. The van der Waals surface area contributed by atoms with Crippen molar-refractivity contribution in [3.8, 4) is 0 Å². The van der Waals surface area contributed by atoms with Gasteiger partial charge in [0.1, 0.15) is 5.82 Å². The zero-order valence-electron chi connectivity index (χ0n) is 6.57. The Morgan fingerprint density at radius 2 is 1.64 bits per heavy atom. The Morgan fingerprint density at radius 1 is 1.18 bits per heavy atom. The second-order valence-corrected chi connectivity index (χ2v) is 12.4. The molecule has 0 bridgehead atoms. The van der Waals surface area contributed by atoms with Crippen molar-refractivity contribution >= 4 is 27.2 Å². The molecule has 0 aliphatic rings. The fourth-order valence-electron chi connectivity index (χ4n) is 0.846. The SMILES string of the molecule is C[Si](C)(Br)c1ccc(F)cc1. The third kappa shape index (κ3) is 2.41. The molecule has 0 amide bonds. The van der Waals surface area contributed by atoms with Gasteiger partial charge in [0.2, 0.25) is 0 Å². The highest BCUT2D eigenvalue weighted by Crippen LogP contribution is 2.10. The van der Waals surface area contributed by atoms with Gasteiger partial charge < -0.3 is 0 Å². The molecule has 0 aromatic heterocycles. The molecular formula is C8H10BrFSi. The quantitative estimate of drug-likeness (QED) is 0.516. The van der Waals surface area contributed by atoms with Crippen LogP contribution in [0.4, 0.5) is 4.39 Å². The predicted octanol–water partition coefficient (Wildman–Crippen LogP) is 2.63. The molecule has 0 fully saturated rings. The Bertz CT molecular complexity index is 237. The first kappa shape index (κ1) is 8.94. The summed E-state index contributed by atoms with van der Waals surface area (Å²) < 4.78 is 12.5. The van der Waals surface area contributed by atoms with Gasteiger partial charge in [0.25, 0.3) is 0 Å². The molecule has 0 atom stereocenters. The molecule has 0 aliphatic carbocycles. The van der Waals surface area contributed by atoms with Crippen LogP contribution in [-0.4, -0.2) is 6.69 Å². The lowest BCUT2D eigenvalue weighted by Gasteiger charge is -2.12. The molecule has 0 spiro atoms. The van der Waals surface area contributed by atoms with Gasteiger partial charge in [-0.1, -0.05) is 25.2 Å². The largest absolute Gasteiger partial charge is 0.207 e. The van der Waals surface area contributed by atoms with Crippen LogP contribution in [0.2, 0.25) is 13.1 Å². The average Bonchev–Trinajstić information content (AvgIpc) is 1.86. The highest BCUT2D eigenvalue weighted by atomic mass is 79.9. The lowest BCUT2D eigenvalue weighted by atomic mass is 10.3. The summed E-state index contributed by atoms with van der Waals surface area (Å²) in [6.45, 7) is 2.92.